The normalized spacial score (nSPS) is 13.2. The second-order valence-corrected chi connectivity index (χ2v) is 41.2. The van der Waals surface area contributed by atoms with Crippen molar-refractivity contribution >= 4 is 72.9 Å². The lowest BCUT2D eigenvalue weighted by Crippen LogP contribution is -2.13. The summed E-state index contributed by atoms with van der Waals surface area (Å²) in [5, 5.41) is 13.2. The van der Waals surface area contributed by atoms with Crippen LogP contribution in [0.25, 0.3) is 66.7 Å². The third-order valence-electron chi connectivity index (χ3n) is 22.0. The Hall–Kier alpha value is -10.9. The maximum atomic E-state index is 5.31. The molecule has 5 aromatic heterocycles. The van der Waals surface area contributed by atoms with Crippen molar-refractivity contribution in [1.29, 1.82) is 0 Å². The van der Waals surface area contributed by atoms with Crippen molar-refractivity contribution in [3.63, 3.8) is 0 Å². The fourth-order valence-corrected chi connectivity index (χ4v) is 14.2. The molecule has 0 radical (unpaired) electrons. The minimum absolute atomic E-state index is 0.129. The predicted molar refractivity (Wildman–Crippen MR) is 513 cm³/mol. The molecule has 9 aromatic carbocycles. The first-order chi connectivity index (χ1) is 55.7. The molecule has 2 aliphatic heterocycles. The van der Waals surface area contributed by atoms with Crippen molar-refractivity contribution in [3.05, 3.63) is 327 Å². The summed E-state index contributed by atoms with van der Waals surface area (Å²) >= 11 is 0. The lowest BCUT2D eigenvalue weighted by Gasteiger charge is -2.20. The van der Waals surface area contributed by atoms with Gasteiger partial charge >= 0.3 is 0 Å². The van der Waals surface area contributed by atoms with E-state index < -0.39 is 0 Å². The molecule has 2 aliphatic carbocycles. The van der Waals surface area contributed by atoms with E-state index >= 15 is 0 Å². The van der Waals surface area contributed by atoms with Crippen LogP contribution in [0.15, 0.2) is 248 Å². The predicted octanol–water partition coefficient (Wildman–Crippen LogP) is 29.6. The molecule has 0 atom stereocenters. The van der Waals surface area contributed by atoms with Crippen LogP contribution in [0.2, 0.25) is 0 Å². The maximum absolute atomic E-state index is 5.31. The van der Waals surface area contributed by atoms with Gasteiger partial charge in [0.05, 0.1) is 29.3 Å². The summed E-state index contributed by atoms with van der Waals surface area (Å²) in [6.45, 7) is 61.3. The second kappa shape index (κ2) is 37.2. The molecule has 3 N–H and O–H groups in total. The number of nitrogens with one attached hydrogen (secondary N) is 3. The minimum Gasteiger partial charge on any atom is -0.454 e. The molecule has 0 saturated carbocycles. The van der Waals surface area contributed by atoms with Gasteiger partial charge in [-0.15, -0.1) is 0 Å². The van der Waals surface area contributed by atoms with Gasteiger partial charge in [0.25, 0.3) is 0 Å². The van der Waals surface area contributed by atoms with Gasteiger partial charge in [-0.2, -0.15) is 5.10 Å². The van der Waals surface area contributed by atoms with E-state index in [2.05, 4.69) is 428 Å². The maximum Gasteiger partial charge on any atom is 0.231 e. The Morgan fingerprint density at radius 2 is 0.798 bits per heavy atom. The van der Waals surface area contributed by atoms with E-state index in [-0.39, 0.29) is 48.7 Å². The molecule has 0 bridgehead atoms. The molecule has 0 amide bonds. The van der Waals surface area contributed by atoms with Gasteiger partial charge in [-0.05, 0) is 205 Å². The number of hydrogen-bond donors (Lipinski definition) is 3. The number of nitrogens with zero attached hydrogens (tertiary/aromatic N) is 4. The number of aromatic amines is 3. The van der Waals surface area contributed by atoms with Crippen LogP contribution >= 0.6 is 0 Å². The topological polar surface area (TPSA) is 117 Å². The zero-order valence-corrected chi connectivity index (χ0v) is 76.8. The van der Waals surface area contributed by atoms with E-state index in [0.29, 0.717) is 6.79 Å². The Balaban J connectivity index is 0.000000141. The third kappa shape index (κ3) is 24.9. The van der Waals surface area contributed by atoms with Gasteiger partial charge in [0.1, 0.15) is 0 Å². The van der Waals surface area contributed by atoms with Gasteiger partial charge in [0, 0.05) is 63.1 Å². The number of fused-ring (bicyclic) bond motifs is 9. The standard InChI is InChI=1S/2C13H15N.2C13H16.3C12H15N.C11H14N2.C11H14O2/c1-13(2,3)11-8-4-6-10-7-5-9-14-12(10)11;1-13(2,3)12-9-8-10-6-4-5-7-11(10)14-12;2*1-13(2,3)12-8-7-10-5-4-6-11(10)9-12;1-12(2,3)11-5-4-9-7-13-8-10(9)6-11;1-12(2,3)10-5-4-9-6-7-13-11(9)8-10;1-12(2,3)10-6-4-5-9-7-8-13-11(9)10;1-11(2,3)9-5-4-8-7-12-13-10(8)6-9;1-11(2,3)8-4-5-9-10(6-8)13-7-12-9/h2*4-9H,1-3H3;2*4,6-9H,5H2,1-3H3;4-6,8H,7H2,1-3H3;2*4-8,13H,1-3H3;4-7H,1-3H3,(H,12,13);4-6H,7H2,1-3H3. The van der Waals surface area contributed by atoms with Crippen LogP contribution in [-0.2, 0) is 68.1 Å². The van der Waals surface area contributed by atoms with Crippen LogP contribution in [0.4, 0.5) is 0 Å². The van der Waals surface area contributed by atoms with Crippen molar-refractivity contribution in [2.75, 3.05) is 6.79 Å². The van der Waals surface area contributed by atoms with Crippen molar-refractivity contribution in [2.45, 2.75) is 255 Å². The highest BCUT2D eigenvalue weighted by Crippen LogP contribution is 2.38. The molecule has 9 heteroatoms. The van der Waals surface area contributed by atoms with Crippen LogP contribution in [0, 0.1) is 0 Å². The van der Waals surface area contributed by atoms with E-state index in [1.54, 1.807) is 0 Å². The van der Waals surface area contributed by atoms with Crippen LogP contribution in [0.1, 0.15) is 271 Å². The highest BCUT2D eigenvalue weighted by Gasteiger charge is 2.24. The number of hydrogen-bond acceptors (Lipinski definition) is 6. The number of aliphatic imine (C=N–C) groups is 1. The molecule has 18 rings (SSSR count). The number of allylic oxidation sites excluding steroid dienone is 2. The molecule has 0 fully saturated rings. The lowest BCUT2D eigenvalue weighted by molar-refractivity contribution is 0.174. The van der Waals surface area contributed by atoms with Crippen molar-refractivity contribution < 1.29 is 9.47 Å². The van der Waals surface area contributed by atoms with E-state index in [1.807, 2.05) is 55.3 Å². The minimum atomic E-state index is 0.129. The molecular formula is C110H135N7O2. The largest absolute Gasteiger partial charge is 0.454 e. The molecule has 0 saturated heterocycles. The zero-order valence-electron chi connectivity index (χ0n) is 76.8. The average molecular weight is 1590 g/mol. The zero-order chi connectivity index (χ0) is 86.7. The Morgan fingerprint density at radius 3 is 1.38 bits per heavy atom. The molecule has 119 heavy (non-hydrogen) atoms. The quantitative estimate of drug-likeness (QED) is 0.140. The third-order valence-corrected chi connectivity index (χ3v) is 22.0. The van der Waals surface area contributed by atoms with Gasteiger partial charge in [0.15, 0.2) is 11.5 Å². The van der Waals surface area contributed by atoms with Crippen LogP contribution in [0.5, 0.6) is 11.5 Å². The highest BCUT2D eigenvalue weighted by atomic mass is 16.7. The Labute approximate surface area is 713 Å². The smallest absolute Gasteiger partial charge is 0.231 e. The first-order valence-electron chi connectivity index (χ1n) is 42.6. The van der Waals surface area contributed by atoms with Crippen LogP contribution in [-0.4, -0.2) is 43.1 Å². The number of aromatic nitrogens is 6. The molecule has 14 aromatic rings. The van der Waals surface area contributed by atoms with Gasteiger partial charge in [0.2, 0.25) is 6.79 Å². The van der Waals surface area contributed by atoms with E-state index in [1.165, 1.54) is 116 Å². The molecule has 0 spiro atoms. The van der Waals surface area contributed by atoms with Crippen LogP contribution in [0.3, 0.4) is 0 Å². The van der Waals surface area contributed by atoms with Crippen molar-refractivity contribution in [2.24, 2.45) is 4.99 Å². The first kappa shape index (κ1) is 90.4. The Morgan fingerprint density at radius 1 is 0.336 bits per heavy atom. The molecule has 4 aliphatic rings. The molecule has 0 unspecified atom stereocenters. The number of H-pyrrole nitrogens is 3. The summed E-state index contributed by atoms with van der Waals surface area (Å²) in [6, 6.07) is 73.1. The molecule has 9 nitrogen and oxygen atoms in total. The number of ether oxygens (including phenoxy) is 2. The number of para-hydroxylation sites is 3. The summed E-state index contributed by atoms with van der Waals surface area (Å²) in [5.74, 6) is 1.72. The Bertz CT molecular complexity index is 5540. The second-order valence-electron chi connectivity index (χ2n) is 41.2. The highest BCUT2D eigenvalue weighted by molar-refractivity contribution is 5.86. The summed E-state index contributed by atoms with van der Waals surface area (Å²) in [4.78, 5) is 19.9. The van der Waals surface area contributed by atoms with Gasteiger partial charge in [-0.1, -0.05) is 357 Å². The average Bonchev–Trinajstić information content (AvgIpc) is 1.76. The van der Waals surface area contributed by atoms with Gasteiger partial charge < -0.3 is 19.4 Å². The molecular weight excluding hydrogens is 1450 g/mol. The monoisotopic (exact) mass is 1590 g/mol. The van der Waals surface area contributed by atoms with Crippen LogP contribution < -0.4 is 9.47 Å². The van der Waals surface area contributed by atoms with E-state index in [9.17, 15) is 0 Å². The first-order valence-corrected chi connectivity index (χ1v) is 42.6. The number of rotatable bonds is 0. The Kier molecular flexibility index (Phi) is 28.2. The summed E-state index contributed by atoms with van der Waals surface area (Å²) in [7, 11) is 0. The van der Waals surface area contributed by atoms with Crippen molar-refractivity contribution in [3.8, 4) is 11.5 Å². The summed E-state index contributed by atoms with van der Waals surface area (Å²) in [5.41, 5.74) is 28.2. The van der Waals surface area contributed by atoms with E-state index in [4.69, 9.17) is 9.47 Å². The van der Waals surface area contributed by atoms with Gasteiger partial charge in [-0.3, -0.25) is 20.1 Å². The fraction of sp³-hybridized carbons (Fsp3) is 0.364. The lowest BCUT2D eigenvalue weighted by atomic mass is 9.85. The summed E-state index contributed by atoms with van der Waals surface area (Å²) in [6.07, 6.45) is 20.8. The number of pyridine rings is 2. The SMILES string of the molecule is CC(C)(C)c1ccc2c(c1)C=CC2.CC(C)(C)c1ccc2c(c1)C=CC2.CC(C)(C)c1ccc2c(c1)C=NC2.CC(C)(C)c1ccc2c(c1)OCO2.CC(C)(C)c1ccc2cc[nH]c2c1.CC(C)(C)c1ccc2ccccc2n1.CC(C)(C)c1ccc2cn[nH]c2c1.CC(C)(C)c1cccc2cc[nH]c12.CC(C)(C)c1cccc2cccnc12. The summed E-state index contributed by atoms with van der Waals surface area (Å²) < 4.78 is 10.6. The number of benzene rings is 9. The van der Waals surface area contributed by atoms with E-state index in [0.717, 1.165) is 53.1 Å². The molecule has 622 valence electrons. The molecule has 7 heterocycles. The fourth-order valence-electron chi connectivity index (χ4n) is 14.2. The van der Waals surface area contributed by atoms with Gasteiger partial charge in [-0.25, -0.2) is 0 Å². The van der Waals surface area contributed by atoms with Crippen molar-refractivity contribution in [1.82, 2.24) is 30.1 Å².